The summed E-state index contributed by atoms with van der Waals surface area (Å²) in [5.41, 5.74) is 3.14. The van der Waals surface area contributed by atoms with Gasteiger partial charge in [0.2, 0.25) is 0 Å². The zero-order chi connectivity index (χ0) is 16.8. The highest BCUT2D eigenvalue weighted by atomic mass is 35.7. The van der Waals surface area contributed by atoms with Gasteiger partial charge >= 0.3 is 0 Å². The van der Waals surface area contributed by atoms with Gasteiger partial charge in [-0.1, -0.05) is 35.3 Å². The van der Waals surface area contributed by atoms with Gasteiger partial charge in [0.25, 0.3) is 9.05 Å². The first-order valence-electron chi connectivity index (χ1n) is 6.96. The van der Waals surface area contributed by atoms with E-state index in [4.69, 9.17) is 33.9 Å². The molecule has 23 heavy (non-hydrogen) atoms. The third kappa shape index (κ3) is 3.52. The van der Waals surface area contributed by atoms with E-state index < -0.39 is 9.05 Å². The van der Waals surface area contributed by atoms with E-state index in [0.717, 1.165) is 29.8 Å². The molecule has 0 radical (unpaired) electrons. The summed E-state index contributed by atoms with van der Waals surface area (Å²) in [4.78, 5) is 2.27. The maximum Gasteiger partial charge on any atom is 0.261 e. The molecule has 0 saturated heterocycles. The van der Waals surface area contributed by atoms with E-state index in [1.54, 1.807) is 18.2 Å². The third-order valence-corrected chi connectivity index (χ3v) is 5.98. The number of fused-ring (bicyclic) bond motifs is 1. The van der Waals surface area contributed by atoms with Gasteiger partial charge in [0.1, 0.15) is 0 Å². The van der Waals surface area contributed by atoms with Gasteiger partial charge in [-0.15, -0.1) is 0 Å². The molecular formula is C16H14Cl3NO2S. The first-order valence-corrected chi connectivity index (χ1v) is 10.0. The summed E-state index contributed by atoms with van der Waals surface area (Å²) < 4.78 is 22.8. The zero-order valence-corrected chi connectivity index (χ0v) is 15.3. The van der Waals surface area contributed by atoms with Crippen LogP contribution in [0.15, 0.2) is 41.3 Å². The number of hydrogen-bond donors (Lipinski definition) is 0. The molecule has 1 aliphatic heterocycles. The second kappa shape index (κ2) is 6.26. The molecule has 0 fully saturated rings. The van der Waals surface area contributed by atoms with Gasteiger partial charge in [0, 0.05) is 39.7 Å². The average molecular weight is 391 g/mol. The van der Waals surface area contributed by atoms with Crippen molar-refractivity contribution in [1.82, 2.24) is 4.90 Å². The number of halogens is 3. The number of nitrogens with zero attached hydrogens (tertiary/aromatic N) is 1. The Morgan fingerprint density at radius 3 is 2.39 bits per heavy atom. The van der Waals surface area contributed by atoms with Crippen molar-refractivity contribution < 1.29 is 8.42 Å². The topological polar surface area (TPSA) is 37.4 Å². The normalized spacial score (nSPS) is 18.7. The fourth-order valence-corrected chi connectivity index (χ4v) is 4.33. The minimum absolute atomic E-state index is 0.0760. The molecule has 0 aromatic heterocycles. The summed E-state index contributed by atoms with van der Waals surface area (Å²) in [5, 5.41) is 1.26. The third-order valence-electron chi connectivity index (χ3n) is 4.06. The average Bonchev–Trinajstić information content (AvgIpc) is 2.47. The second-order valence-corrected chi connectivity index (χ2v) is 9.12. The van der Waals surface area contributed by atoms with Gasteiger partial charge in [-0.25, -0.2) is 8.42 Å². The standard InChI is InChI=1S/C16H14Cl3NO2S/c1-20-8-14(10-2-4-12(5-3-10)23(19,21)22)13-6-11(17)7-16(18)15(13)9-20/h2-7,14H,8-9H2,1H3. The van der Waals surface area contributed by atoms with E-state index >= 15 is 0 Å². The Morgan fingerprint density at radius 1 is 1.13 bits per heavy atom. The molecule has 3 rings (SSSR count). The van der Waals surface area contributed by atoms with E-state index in [-0.39, 0.29) is 10.8 Å². The molecule has 1 atom stereocenters. The lowest BCUT2D eigenvalue weighted by atomic mass is 9.85. The van der Waals surface area contributed by atoms with Crippen molar-refractivity contribution in [3.63, 3.8) is 0 Å². The van der Waals surface area contributed by atoms with Crippen molar-refractivity contribution in [1.29, 1.82) is 0 Å². The van der Waals surface area contributed by atoms with Crippen LogP contribution in [-0.2, 0) is 15.6 Å². The van der Waals surface area contributed by atoms with Crippen LogP contribution in [0.5, 0.6) is 0 Å². The van der Waals surface area contributed by atoms with Crippen molar-refractivity contribution in [2.24, 2.45) is 0 Å². The van der Waals surface area contributed by atoms with Gasteiger partial charge in [-0.05, 0) is 48.0 Å². The van der Waals surface area contributed by atoms with Gasteiger partial charge in [0.05, 0.1) is 4.90 Å². The molecule has 2 aromatic rings. The van der Waals surface area contributed by atoms with Crippen LogP contribution in [0, 0.1) is 0 Å². The Bertz CT molecular complexity index is 850. The molecule has 1 heterocycles. The molecule has 0 aliphatic carbocycles. The lowest BCUT2D eigenvalue weighted by molar-refractivity contribution is 0.295. The molecule has 7 heteroatoms. The lowest BCUT2D eigenvalue weighted by Crippen LogP contribution is -2.31. The first-order chi connectivity index (χ1) is 10.8. The predicted molar refractivity (Wildman–Crippen MR) is 94.1 cm³/mol. The van der Waals surface area contributed by atoms with Crippen LogP contribution in [0.25, 0.3) is 0 Å². The van der Waals surface area contributed by atoms with Crippen LogP contribution in [-0.4, -0.2) is 26.9 Å². The van der Waals surface area contributed by atoms with Crippen LogP contribution in [0.1, 0.15) is 22.6 Å². The highest BCUT2D eigenvalue weighted by Crippen LogP contribution is 2.38. The Kier molecular flexibility index (Phi) is 4.64. The molecule has 0 spiro atoms. The summed E-state index contributed by atoms with van der Waals surface area (Å²) >= 11 is 12.5. The summed E-state index contributed by atoms with van der Waals surface area (Å²) in [6.45, 7) is 1.56. The molecule has 122 valence electrons. The molecule has 2 aromatic carbocycles. The first kappa shape index (κ1) is 17.1. The molecule has 0 amide bonds. The van der Waals surface area contributed by atoms with Crippen LogP contribution in [0.2, 0.25) is 10.0 Å². The lowest BCUT2D eigenvalue weighted by Gasteiger charge is -2.33. The van der Waals surface area contributed by atoms with Gasteiger partial charge in [0.15, 0.2) is 0 Å². The van der Waals surface area contributed by atoms with Crippen molar-refractivity contribution in [3.8, 4) is 0 Å². The zero-order valence-electron chi connectivity index (χ0n) is 12.3. The molecule has 0 bridgehead atoms. The molecule has 3 nitrogen and oxygen atoms in total. The molecule has 0 N–H and O–H groups in total. The number of likely N-dealkylation sites (N-methyl/N-ethyl adjacent to an activating group) is 1. The van der Waals surface area contributed by atoms with E-state index in [1.165, 1.54) is 12.1 Å². The van der Waals surface area contributed by atoms with Crippen LogP contribution in [0.4, 0.5) is 0 Å². The van der Waals surface area contributed by atoms with E-state index in [9.17, 15) is 8.42 Å². The number of benzene rings is 2. The smallest absolute Gasteiger partial charge is 0.261 e. The van der Waals surface area contributed by atoms with Gasteiger partial charge in [-0.2, -0.15) is 0 Å². The van der Waals surface area contributed by atoms with Crippen LogP contribution in [0.3, 0.4) is 0 Å². The fourth-order valence-electron chi connectivity index (χ4n) is 2.99. The van der Waals surface area contributed by atoms with Crippen LogP contribution < -0.4 is 0 Å². The molecule has 1 unspecified atom stereocenters. The highest BCUT2D eigenvalue weighted by Gasteiger charge is 2.27. The Hall–Kier alpha value is -0.780. The maximum absolute atomic E-state index is 11.4. The Balaban J connectivity index is 2.08. The van der Waals surface area contributed by atoms with Crippen molar-refractivity contribution in [2.45, 2.75) is 17.4 Å². The number of hydrogen-bond acceptors (Lipinski definition) is 3. The Labute approximate surface area is 150 Å². The SMILES string of the molecule is CN1Cc2c(Cl)cc(Cl)cc2C(c2ccc(S(=O)(=O)Cl)cc2)C1. The monoisotopic (exact) mass is 389 g/mol. The van der Waals surface area contributed by atoms with Crippen molar-refractivity contribution in [3.05, 3.63) is 63.1 Å². The predicted octanol–water partition coefficient (Wildman–Crippen LogP) is 4.50. The van der Waals surface area contributed by atoms with Gasteiger partial charge in [-0.3, -0.25) is 0 Å². The summed E-state index contributed by atoms with van der Waals surface area (Å²) in [5.74, 6) is 0.0760. The maximum atomic E-state index is 11.4. The summed E-state index contributed by atoms with van der Waals surface area (Å²) in [6, 6.07) is 10.3. The minimum atomic E-state index is -3.72. The van der Waals surface area contributed by atoms with E-state index in [0.29, 0.717) is 10.0 Å². The Morgan fingerprint density at radius 2 is 1.78 bits per heavy atom. The van der Waals surface area contributed by atoms with E-state index in [1.807, 2.05) is 13.1 Å². The quantitative estimate of drug-likeness (QED) is 0.709. The van der Waals surface area contributed by atoms with E-state index in [2.05, 4.69) is 4.90 Å². The fraction of sp³-hybridized carbons (Fsp3) is 0.250. The summed E-state index contributed by atoms with van der Waals surface area (Å²) in [6.07, 6.45) is 0. The van der Waals surface area contributed by atoms with Crippen molar-refractivity contribution in [2.75, 3.05) is 13.6 Å². The van der Waals surface area contributed by atoms with Crippen LogP contribution >= 0.6 is 33.9 Å². The van der Waals surface area contributed by atoms with Crippen molar-refractivity contribution >= 4 is 42.9 Å². The highest BCUT2D eigenvalue weighted by molar-refractivity contribution is 8.13. The van der Waals surface area contributed by atoms with Gasteiger partial charge < -0.3 is 4.90 Å². The largest absolute Gasteiger partial charge is 0.301 e. The molecular weight excluding hydrogens is 377 g/mol. The molecule has 0 saturated carbocycles. The molecule has 1 aliphatic rings. The second-order valence-electron chi connectivity index (χ2n) is 5.71. The summed E-state index contributed by atoms with van der Waals surface area (Å²) in [7, 11) is 3.68. The number of rotatable bonds is 2. The minimum Gasteiger partial charge on any atom is -0.301 e.